The van der Waals surface area contributed by atoms with E-state index in [1.807, 2.05) is 42.2 Å². The van der Waals surface area contributed by atoms with Crippen molar-refractivity contribution in [3.05, 3.63) is 60.7 Å². The maximum absolute atomic E-state index is 5.33. The number of benzene rings is 1. The van der Waals surface area contributed by atoms with Crippen LogP contribution in [0, 0.1) is 0 Å². The van der Waals surface area contributed by atoms with Gasteiger partial charge in [0.05, 0.1) is 36.5 Å². The summed E-state index contributed by atoms with van der Waals surface area (Å²) in [5.41, 5.74) is 2.82. The normalized spacial score (nSPS) is 10.6. The van der Waals surface area contributed by atoms with Crippen LogP contribution in [0.2, 0.25) is 0 Å². The second-order valence-electron chi connectivity index (χ2n) is 5.38. The molecule has 3 aromatic rings. The van der Waals surface area contributed by atoms with E-state index >= 15 is 0 Å². The van der Waals surface area contributed by atoms with Gasteiger partial charge in [0.2, 0.25) is 0 Å². The van der Waals surface area contributed by atoms with Crippen LogP contribution in [-0.2, 0) is 18.0 Å². The molecule has 130 valence electrons. The van der Waals surface area contributed by atoms with Crippen LogP contribution in [0.1, 0.15) is 12.5 Å². The van der Waals surface area contributed by atoms with E-state index in [2.05, 4.69) is 33.0 Å². The van der Waals surface area contributed by atoms with E-state index in [0.717, 1.165) is 11.4 Å². The van der Waals surface area contributed by atoms with Gasteiger partial charge in [-0.3, -0.25) is 4.68 Å². The SMILES string of the molecule is CCOCn1cc(NC(=S)Nc2cnn(Cc3ccccc3)c2)cn1. The summed E-state index contributed by atoms with van der Waals surface area (Å²) in [6.45, 7) is 3.73. The minimum absolute atomic E-state index is 0.421. The van der Waals surface area contributed by atoms with Crippen molar-refractivity contribution in [1.29, 1.82) is 0 Å². The first-order chi connectivity index (χ1) is 12.2. The zero-order valence-corrected chi connectivity index (χ0v) is 14.7. The molecule has 0 amide bonds. The van der Waals surface area contributed by atoms with Gasteiger partial charge >= 0.3 is 0 Å². The Hall–Kier alpha value is -2.71. The first-order valence-electron chi connectivity index (χ1n) is 7.97. The van der Waals surface area contributed by atoms with Gasteiger partial charge in [-0.15, -0.1) is 0 Å². The fourth-order valence-electron chi connectivity index (χ4n) is 2.26. The third kappa shape index (κ3) is 5.13. The number of rotatable bonds is 7. The molecule has 0 saturated carbocycles. The fourth-order valence-corrected chi connectivity index (χ4v) is 2.50. The van der Waals surface area contributed by atoms with Gasteiger partial charge in [-0.25, -0.2) is 4.68 Å². The molecular weight excluding hydrogens is 336 g/mol. The molecule has 25 heavy (non-hydrogen) atoms. The molecule has 0 aliphatic heterocycles. The van der Waals surface area contributed by atoms with E-state index in [9.17, 15) is 0 Å². The average molecular weight is 356 g/mol. The van der Waals surface area contributed by atoms with Gasteiger partial charge < -0.3 is 15.4 Å². The quantitative estimate of drug-likeness (QED) is 0.635. The minimum atomic E-state index is 0.421. The standard InChI is InChI=1S/C17H20N6OS/c1-2-24-13-23-12-16(9-19-23)21-17(25)20-15-8-18-22(11-15)10-14-6-4-3-5-7-14/h3-9,11-12H,2,10,13H2,1H3,(H2,20,21,25). The molecule has 3 rings (SSSR count). The lowest BCUT2D eigenvalue weighted by molar-refractivity contribution is 0.0792. The zero-order chi connectivity index (χ0) is 17.5. The molecular formula is C17H20N6OS. The number of hydrogen-bond acceptors (Lipinski definition) is 4. The maximum atomic E-state index is 5.33. The van der Waals surface area contributed by atoms with E-state index in [1.54, 1.807) is 17.1 Å². The van der Waals surface area contributed by atoms with Crippen LogP contribution >= 0.6 is 12.2 Å². The average Bonchev–Trinajstić information content (AvgIpc) is 3.23. The van der Waals surface area contributed by atoms with Crippen LogP contribution in [0.25, 0.3) is 0 Å². The zero-order valence-electron chi connectivity index (χ0n) is 13.9. The Morgan fingerprint density at radius 3 is 2.36 bits per heavy atom. The summed E-state index contributed by atoms with van der Waals surface area (Å²) in [6.07, 6.45) is 7.20. The Balaban J connectivity index is 1.52. The van der Waals surface area contributed by atoms with Gasteiger partial charge in [0.25, 0.3) is 0 Å². The number of nitrogens with zero attached hydrogens (tertiary/aromatic N) is 4. The van der Waals surface area contributed by atoms with Crippen LogP contribution in [0.3, 0.4) is 0 Å². The van der Waals surface area contributed by atoms with E-state index in [-0.39, 0.29) is 0 Å². The minimum Gasteiger partial charge on any atom is -0.360 e. The van der Waals surface area contributed by atoms with Crippen molar-refractivity contribution in [2.75, 3.05) is 17.2 Å². The molecule has 0 aliphatic carbocycles. The summed E-state index contributed by atoms with van der Waals surface area (Å²) in [5, 5.41) is 15.2. The Morgan fingerprint density at radius 2 is 1.68 bits per heavy atom. The van der Waals surface area contributed by atoms with Crippen molar-refractivity contribution >= 4 is 28.7 Å². The lowest BCUT2D eigenvalue weighted by atomic mass is 10.2. The smallest absolute Gasteiger partial charge is 0.175 e. The number of anilines is 2. The molecule has 0 aliphatic rings. The molecule has 2 N–H and O–H groups in total. The molecule has 0 saturated heterocycles. The second kappa shape index (κ2) is 8.41. The Labute approximate surface area is 151 Å². The number of aromatic nitrogens is 4. The first-order valence-corrected chi connectivity index (χ1v) is 8.38. The fraction of sp³-hybridized carbons (Fsp3) is 0.235. The van der Waals surface area contributed by atoms with Crippen LogP contribution in [0.15, 0.2) is 55.1 Å². The number of nitrogens with one attached hydrogen (secondary N) is 2. The van der Waals surface area contributed by atoms with Gasteiger partial charge in [-0.05, 0) is 24.7 Å². The molecule has 0 unspecified atom stereocenters. The molecule has 0 atom stereocenters. The van der Waals surface area contributed by atoms with Crippen molar-refractivity contribution in [2.24, 2.45) is 0 Å². The highest BCUT2D eigenvalue weighted by Crippen LogP contribution is 2.10. The summed E-state index contributed by atoms with van der Waals surface area (Å²) >= 11 is 5.33. The van der Waals surface area contributed by atoms with E-state index < -0.39 is 0 Å². The van der Waals surface area contributed by atoms with Gasteiger partial charge in [-0.2, -0.15) is 10.2 Å². The van der Waals surface area contributed by atoms with Crippen LogP contribution in [-0.4, -0.2) is 31.3 Å². The van der Waals surface area contributed by atoms with E-state index in [4.69, 9.17) is 17.0 Å². The second-order valence-corrected chi connectivity index (χ2v) is 5.79. The van der Waals surface area contributed by atoms with Gasteiger partial charge in [-0.1, -0.05) is 30.3 Å². The Kier molecular flexibility index (Phi) is 5.76. The maximum Gasteiger partial charge on any atom is 0.175 e. The predicted octanol–water partition coefficient (Wildman–Crippen LogP) is 2.93. The molecule has 0 radical (unpaired) electrons. The van der Waals surface area contributed by atoms with Crippen LogP contribution < -0.4 is 10.6 Å². The van der Waals surface area contributed by atoms with E-state index in [0.29, 0.717) is 25.0 Å². The molecule has 0 bridgehead atoms. The highest BCUT2D eigenvalue weighted by Gasteiger charge is 2.04. The van der Waals surface area contributed by atoms with Crippen molar-refractivity contribution < 1.29 is 4.74 Å². The number of hydrogen-bond donors (Lipinski definition) is 2. The molecule has 8 heteroatoms. The summed E-state index contributed by atoms with van der Waals surface area (Å²) in [6, 6.07) is 10.2. The highest BCUT2D eigenvalue weighted by molar-refractivity contribution is 7.80. The van der Waals surface area contributed by atoms with Crippen molar-refractivity contribution in [3.8, 4) is 0 Å². The lowest BCUT2D eigenvalue weighted by Gasteiger charge is -2.06. The molecule has 2 heterocycles. The monoisotopic (exact) mass is 356 g/mol. The van der Waals surface area contributed by atoms with Crippen LogP contribution in [0.5, 0.6) is 0 Å². The summed E-state index contributed by atoms with van der Waals surface area (Å²) < 4.78 is 8.86. The third-order valence-corrected chi connectivity index (χ3v) is 3.60. The van der Waals surface area contributed by atoms with Gasteiger partial charge in [0.15, 0.2) is 5.11 Å². The van der Waals surface area contributed by atoms with Crippen molar-refractivity contribution in [3.63, 3.8) is 0 Å². The summed E-state index contributed by atoms with van der Waals surface area (Å²) in [7, 11) is 0. The Morgan fingerprint density at radius 1 is 1.04 bits per heavy atom. The topological polar surface area (TPSA) is 68.9 Å². The number of ether oxygens (including phenoxy) is 1. The summed E-state index contributed by atoms with van der Waals surface area (Å²) in [5.74, 6) is 0. The highest BCUT2D eigenvalue weighted by atomic mass is 32.1. The lowest BCUT2D eigenvalue weighted by Crippen LogP contribution is -2.18. The van der Waals surface area contributed by atoms with Gasteiger partial charge in [0, 0.05) is 12.8 Å². The molecule has 2 aromatic heterocycles. The number of thiocarbonyl (C=S) groups is 1. The van der Waals surface area contributed by atoms with E-state index in [1.165, 1.54) is 5.56 Å². The van der Waals surface area contributed by atoms with Crippen molar-refractivity contribution in [1.82, 2.24) is 19.6 Å². The molecule has 7 nitrogen and oxygen atoms in total. The Bertz CT molecular complexity index is 813. The summed E-state index contributed by atoms with van der Waals surface area (Å²) in [4.78, 5) is 0. The van der Waals surface area contributed by atoms with Crippen molar-refractivity contribution in [2.45, 2.75) is 20.2 Å². The first kappa shape index (κ1) is 17.1. The molecule has 1 aromatic carbocycles. The third-order valence-electron chi connectivity index (χ3n) is 3.40. The molecule has 0 fully saturated rings. The predicted molar refractivity (Wildman–Crippen MR) is 101 cm³/mol. The molecule has 0 spiro atoms. The van der Waals surface area contributed by atoms with Gasteiger partial charge in [0.1, 0.15) is 6.73 Å². The largest absolute Gasteiger partial charge is 0.360 e. The van der Waals surface area contributed by atoms with Crippen LogP contribution in [0.4, 0.5) is 11.4 Å².